The summed E-state index contributed by atoms with van der Waals surface area (Å²) in [5, 5.41) is 6.13. The Morgan fingerprint density at radius 2 is 1.69 bits per heavy atom. The monoisotopic (exact) mass is 435 g/mol. The van der Waals surface area contributed by atoms with Gasteiger partial charge >= 0.3 is 6.03 Å². The minimum atomic E-state index is -0.0881. The van der Waals surface area contributed by atoms with E-state index in [0.29, 0.717) is 26.1 Å². The Morgan fingerprint density at radius 1 is 0.938 bits per heavy atom. The smallest absolute Gasteiger partial charge is 0.321 e. The van der Waals surface area contributed by atoms with E-state index in [1.54, 1.807) is 0 Å². The van der Waals surface area contributed by atoms with E-state index in [4.69, 9.17) is 4.74 Å². The van der Waals surface area contributed by atoms with Crippen molar-refractivity contribution in [2.45, 2.75) is 51.2 Å². The van der Waals surface area contributed by atoms with Crippen molar-refractivity contribution in [2.75, 3.05) is 25.0 Å². The van der Waals surface area contributed by atoms with Crippen LogP contribution in [0, 0.1) is 5.92 Å². The first-order valence-electron chi connectivity index (χ1n) is 11.7. The summed E-state index contributed by atoms with van der Waals surface area (Å²) in [5.74, 6) is 0.826. The summed E-state index contributed by atoms with van der Waals surface area (Å²) in [6, 6.07) is 17.9. The van der Waals surface area contributed by atoms with Gasteiger partial charge in [0, 0.05) is 37.8 Å². The van der Waals surface area contributed by atoms with Crippen LogP contribution in [0.15, 0.2) is 54.6 Å². The third-order valence-electron chi connectivity index (χ3n) is 6.13. The fourth-order valence-electron chi connectivity index (χ4n) is 4.00. The van der Waals surface area contributed by atoms with Crippen LogP contribution in [-0.4, -0.2) is 42.6 Å². The number of ether oxygens (including phenoxy) is 1. The molecule has 0 aromatic heterocycles. The molecule has 4 rings (SSSR count). The number of carbonyl (C=O) groups is 2. The summed E-state index contributed by atoms with van der Waals surface area (Å²) >= 11 is 0. The van der Waals surface area contributed by atoms with Gasteiger partial charge in [0.15, 0.2) is 0 Å². The summed E-state index contributed by atoms with van der Waals surface area (Å²) in [7, 11) is 0. The molecule has 6 nitrogen and oxygen atoms in total. The van der Waals surface area contributed by atoms with Crippen molar-refractivity contribution in [3.05, 3.63) is 65.7 Å². The zero-order chi connectivity index (χ0) is 22.2. The Labute approximate surface area is 190 Å². The van der Waals surface area contributed by atoms with Gasteiger partial charge in [-0.2, -0.15) is 0 Å². The van der Waals surface area contributed by atoms with Crippen molar-refractivity contribution >= 4 is 17.6 Å². The molecule has 0 radical (unpaired) electrons. The van der Waals surface area contributed by atoms with Gasteiger partial charge in [-0.15, -0.1) is 0 Å². The maximum Gasteiger partial charge on any atom is 0.321 e. The molecule has 0 unspecified atom stereocenters. The Hall–Kier alpha value is -2.86. The number of benzene rings is 2. The maximum absolute atomic E-state index is 12.7. The lowest BCUT2D eigenvalue weighted by molar-refractivity contribution is -0.122. The minimum Gasteiger partial charge on any atom is -0.376 e. The summed E-state index contributed by atoms with van der Waals surface area (Å²) < 4.78 is 5.75. The molecule has 1 saturated heterocycles. The van der Waals surface area contributed by atoms with Crippen LogP contribution in [0.3, 0.4) is 0 Å². The number of hydrogen-bond acceptors (Lipinski definition) is 3. The van der Waals surface area contributed by atoms with Gasteiger partial charge < -0.3 is 20.3 Å². The number of anilines is 1. The molecule has 0 bridgehead atoms. The maximum atomic E-state index is 12.7. The molecule has 1 aliphatic heterocycles. The number of carbonyl (C=O) groups excluding carboxylic acids is 2. The third-order valence-corrected chi connectivity index (χ3v) is 6.13. The van der Waals surface area contributed by atoms with Crippen molar-refractivity contribution in [1.82, 2.24) is 10.2 Å². The quantitative estimate of drug-likeness (QED) is 0.615. The number of hydrogen-bond donors (Lipinski definition) is 2. The molecule has 32 heavy (non-hydrogen) atoms. The predicted octanol–water partition coefficient (Wildman–Crippen LogP) is 4.36. The number of likely N-dealkylation sites (tertiary alicyclic amines) is 1. The standard InChI is InChI=1S/C26H33N3O3/c30-25(12-11-20-5-2-1-3-6-20)27-23-13-15-29(16-14-23)26(31)28-24-8-4-7-22(17-24)19-32-18-21-9-10-21/h1-8,17,21,23H,9-16,18-19H2,(H,27,30)(H,28,31). The van der Waals surface area contributed by atoms with Crippen LogP contribution in [0.1, 0.15) is 43.2 Å². The van der Waals surface area contributed by atoms with E-state index in [2.05, 4.69) is 10.6 Å². The summed E-state index contributed by atoms with van der Waals surface area (Å²) in [6.07, 6.45) is 5.36. The molecule has 0 atom stereocenters. The van der Waals surface area contributed by atoms with E-state index < -0.39 is 0 Å². The van der Waals surface area contributed by atoms with Gasteiger partial charge in [0.05, 0.1) is 6.61 Å². The number of rotatable bonds is 9. The first-order valence-corrected chi connectivity index (χ1v) is 11.7. The lowest BCUT2D eigenvalue weighted by Crippen LogP contribution is -2.47. The fraction of sp³-hybridized carbons (Fsp3) is 0.462. The topological polar surface area (TPSA) is 70.7 Å². The van der Waals surface area contributed by atoms with Gasteiger partial charge in [0.25, 0.3) is 0 Å². The fourth-order valence-corrected chi connectivity index (χ4v) is 4.00. The van der Waals surface area contributed by atoms with Crippen molar-refractivity contribution < 1.29 is 14.3 Å². The van der Waals surface area contributed by atoms with Crippen molar-refractivity contribution in [3.63, 3.8) is 0 Å². The van der Waals surface area contributed by atoms with Gasteiger partial charge in [-0.05, 0) is 61.3 Å². The highest BCUT2D eigenvalue weighted by Gasteiger charge is 2.24. The highest BCUT2D eigenvalue weighted by atomic mass is 16.5. The summed E-state index contributed by atoms with van der Waals surface area (Å²) in [5.41, 5.74) is 3.03. The molecule has 1 aliphatic carbocycles. The Kier molecular flexibility index (Phi) is 7.77. The normalized spacial score (nSPS) is 16.6. The van der Waals surface area contributed by atoms with Gasteiger partial charge in [0.2, 0.25) is 5.91 Å². The van der Waals surface area contributed by atoms with Gasteiger partial charge in [0.1, 0.15) is 0 Å². The van der Waals surface area contributed by atoms with Gasteiger partial charge in [-0.1, -0.05) is 42.5 Å². The number of aryl methyl sites for hydroxylation is 1. The van der Waals surface area contributed by atoms with Crippen LogP contribution in [0.25, 0.3) is 0 Å². The number of nitrogens with one attached hydrogen (secondary N) is 2. The number of amides is 3. The molecule has 0 spiro atoms. The third kappa shape index (κ3) is 7.09. The molecule has 1 heterocycles. The van der Waals surface area contributed by atoms with Gasteiger partial charge in [-0.3, -0.25) is 4.79 Å². The first kappa shape index (κ1) is 22.3. The van der Waals surface area contributed by atoms with Crippen LogP contribution in [0.4, 0.5) is 10.5 Å². The largest absolute Gasteiger partial charge is 0.376 e. The zero-order valence-electron chi connectivity index (χ0n) is 18.6. The molecular formula is C26H33N3O3. The highest BCUT2D eigenvalue weighted by molar-refractivity contribution is 5.89. The molecule has 2 aromatic carbocycles. The Balaban J connectivity index is 1.16. The van der Waals surface area contributed by atoms with E-state index >= 15 is 0 Å². The van der Waals surface area contributed by atoms with E-state index in [1.807, 2.05) is 59.5 Å². The highest BCUT2D eigenvalue weighted by Crippen LogP contribution is 2.29. The second-order valence-electron chi connectivity index (χ2n) is 8.90. The second kappa shape index (κ2) is 11.1. The van der Waals surface area contributed by atoms with Crippen LogP contribution in [0.5, 0.6) is 0 Å². The SMILES string of the molecule is O=C(CCc1ccccc1)NC1CCN(C(=O)Nc2cccc(COCC3CC3)c2)CC1. The second-order valence-corrected chi connectivity index (χ2v) is 8.90. The summed E-state index contributed by atoms with van der Waals surface area (Å²) in [4.78, 5) is 26.8. The zero-order valence-corrected chi connectivity index (χ0v) is 18.6. The first-order chi connectivity index (χ1) is 15.7. The summed E-state index contributed by atoms with van der Waals surface area (Å²) in [6.45, 7) is 2.68. The molecule has 2 aliphatic rings. The molecule has 6 heteroatoms. The van der Waals surface area contributed by atoms with E-state index in [0.717, 1.165) is 43.0 Å². The minimum absolute atomic E-state index is 0.0810. The lowest BCUT2D eigenvalue weighted by Gasteiger charge is -2.32. The van der Waals surface area contributed by atoms with E-state index in [-0.39, 0.29) is 18.0 Å². The average molecular weight is 436 g/mol. The number of urea groups is 1. The van der Waals surface area contributed by atoms with Crippen LogP contribution >= 0.6 is 0 Å². The van der Waals surface area contributed by atoms with E-state index in [9.17, 15) is 9.59 Å². The average Bonchev–Trinajstić information content (AvgIpc) is 3.64. The number of nitrogens with zero attached hydrogens (tertiary/aromatic N) is 1. The molecular weight excluding hydrogens is 402 g/mol. The van der Waals surface area contributed by atoms with Crippen molar-refractivity contribution in [3.8, 4) is 0 Å². The van der Waals surface area contributed by atoms with Gasteiger partial charge in [-0.25, -0.2) is 4.79 Å². The molecule has 3 amide bonds. The molecule has 170 valence electrons. The molecule has 1 saturated carbocycles. The van der Waals surface area contributed by atoms with Crippen LogP contribution < -0.4 is 10.6 Å². The van der Waals surface area contributed by atoms with Crippen molar-refractivity contribution in [2.24, 2.45) is 5.92 Å². The molecule has 2 fully saturated rings. The number of piperidine rings is 1. The van der Waals surface area contributed by atoms with Crippen molar-refractivity contribution in [1.29, 1.82) is 0 Å². The Bertz CT molecular complexity index is 890. The van der Waals surface area contributed by atoms with Crippen LogP contribution in [0.2, 0.25) is 0 Å². The lowest BCUT2D eigenvalue weighted by atomic mass is 10.0. The predicted molar refractivity (Wildman–Crippen MR) is 125 cm³/mol. The van der Waals surface area contributed by atoms with Crippen LogP contribution in [-0.2, 0) is 22.6 Å². The molecule has 2 N–H and O–H groups in total. The Morgan fingerprint density at radius 3 is 2.44 bits per heavy atom. The molecule has 2 aromatic rings. The van der Waals surface area contributed by atoms with E-state index in [1.165, 1.54) is 18.4 Å².